The molecule has 0 aliphatic rings. The van der Waals surface area contributed by atoms with E-state index < -0.39 is 0 Å². The summed E-state index contributed by atoms with van der Waals surface area (Å²) in [6.45, 7) is 0. The third-order valence-electron chi connectivity index (χ3n) is 1.57. The van der Waals surface area contributed by atoms with Crippen LogP contribution in [0.1, 0.15) is 0 Å². The molecule has 0 nitrogen and oxygen atoms in total. The van der Waals surface area contributed by atoms with E-state index >= 15 is 0 Å². The van der Waals surface area contributed by atoms with Gasteiger partial charge >= 0.3 is 0 Å². The van der Waals surface area contributed by atoms with Crippen LogP contribution in [0.2, 0.25) is 10.0 Å². The molecule has 0 saturated heterocycles. The van der Waals surface area contributed by atoms with Gasteiger partial charge < -0.3 is 0 Å². The molecule has 0 fully saturated rings. The highest BCUT2D eigenvalue weighted by Crippen LogP contribution is 2.37. The fraction of sp³-hybridized carbons (Fsp3) is 0. The minimum absolute atomic E-state index is 0.126. The van der Waals surface area contributed by atoms with E-state index in [1.54, 1.807) is 18.2 Å². The first-order valence-corrected chi connectivity index (χ1v) is 4.79. The molecule has 0 saturated carbocycles. The molecule has 0 aliphatic heterocycles. The second-order valence-electron chi connectivity index (χ2n) is 2.30. The molecule has 1 heterocycles. The molecular formula is C8H3Cl2FS. The first kappa shape index (κ1) is 8.30. The van der Waals surface area contributed by atoms with Crippen molar-refractivity contribution in [2.45, 2.75) is 0 Å². The molecule has 4 heteroatoms. The largest absolute Gasteiger partial charge is 0.196 e. The van der Waals surface area contributed by atoms with E-state index in [4.69, 9.17) is 23.2 Å². The van der Waals surface area contributed by atoms with Crippen molar-refractivity contribution in [3.05, 3.63) is 33.4 Å². The van der Waals surface area contributed by atoms with Gasteiger partial charge in [0, 0.05) is 10.1 Å². The lowest BCUT2D eigenvalue weighted by molar-refractivity contribution is 0.658. The van der Waals surface area contributed by atoms with Crippen LogP contribution in [0.4, 0.5) is 4.39 Å². The van der Waals surface area contributed by atoms with Crippen molar-refractivity contribution >= 4 is 44.6 Å². The summed E-state index contributed by atoms with van der Waals surface area (Å²) in [6.07, 6.45) is 0. The Kier molecular flexibility index (Phi) is 1.99. The second-order valence-corrected chi connectivity index (χ2v) is 4.09. The second kappa shape index (κ2) is 2.87. The van der Waals surface area contributed by atoms with Gasteiger partial charge in [0.1, 0.15) is 0 Å². The summed E-state index contributed by atoms with van der Waals surface area (Å²) >= 11 is 12.5. The molecule has 0 aliphatic carbocycles. The minimum Gasteiger partial charge on any atom is -0.193 e. The quantitative estimate of drug-likeness (QED) is 0.620. The Morgan fingerprint density at radius 1 is 1.25 bits per heavy atom. The summed E-state index contributed by atoms with van der Waals surface area (Å²) in [5.74, 6) is 0. The molecule has 0 amide bonds. The number of hydrogen-bond acceptors (Lipinski definition) is 1. The fourth-order valence-electron chi connectivity index (χ4n) is 1.04. The van der Waals surface area contributed by atoms with E-state index in [9.17, 15) is 4.39 Å². The van der Waals surface area contributed by atoms with E-state index in [2.05, 4.69) is 0 Å². The molecule has 0 spiro atoms. The van der Waals surface area contributed by atoms with Crippen LogP contribution in [0.15, 0.2) is 18.2 Å². The van der Waals surface area contributed by atoms with Gasteiger partial charge in [-0.3, -0.25) is 0 Å². The average Bonchev–Trinajstić information content (AvgIpc) is 2.29. The normalized spacial score (nSPS) is 10.9. The number of fused-ring (bicyclic) bond motifs is 1. The number of hydrogen-bond donors (Lipinski definition) is 0. The van der Waals surface area contributed by atoms with Crippen LogP contribution in [-0.4, -0.2) is 0 Å². The number of benzene rings is 1. The summed E-state index contributed by atoms with van der Waals surface area (Å²) < 4.78 is 13.7. The molecule has 1 aromatic carbocycles. The lowest BCUT2D eigenvalue weighted by Gasteiger charge is -1.91. The predicted octanol–water partition coefficient (Wildman–Crippen LogP) is 4.35. The molecule has 0 atom stereocenters. The van der Waals surface area contributed by atoms with Crippen molar-refractivity contribution in [2.24, 2.45) is 0 Å². The van der Waals surface area contributed by atoms with Gasteiger partial charge in [-0.2, -0.15) is 4.39 Å². The molecule has 0 unspecified atom stereocenters. The SMILES string of the molecule is Fc1sc2cccc(Cl)c2c1Cl. The summed E-state index contributed by atoms with van der Waals surface area (Å²) in [6, 6.07) is 5.26. The smallest absolute Gasteiger partial charge is 0.193 e. The Labute approximate surface area is 82.5 Å². The molecule has 12 heavy (non-hydrogen) atoms. The Hall–Kier alpha value is -0.310. The standard InChI is InChI=1S/C8H3Cl2FS/c9-4-2-1-3-5-6(4)7(10)8(11)12-5/h1-3H. The van der Waals surface area contributed by atoms with Crippen LogP contribution in [-0.2, 0) is 0 Å². The van der Waals surface area contributed by atoms with Crippen LogP contribution < -0.4 is 0 Å². The minimum atomic E-state index is -0.375. The lowest BCUT2D eigenvalue weighted by atomic mass is 10.3. The van der Waals surface area contributed by atoms with Crippen LogP contribution in [0, 0.1) is 5.13 Å². The Morgan fingerprint density at radius 3 is 2.67 bits per heavy atom. The first-order valence-electron chi connectivity index (χ1n) is 3.22. The highest BCUT2D eigenvalue weighted by atomic mass is 35.5. The molecule has 0 N–H and O–H groups in total. The van der Waals surface area contributed by atoms with Crippen LogP contribution in [0.25, 0.3) is 10.1 Å². The topological polar surface area (TPSA) is 0 Å². The zero-order valence-corrected chi connectivity index (χ0v) is 8.10. The third kappa shape index (κ3) is 1.11. The first-order chi connectivity index (χ1) is 5.70. The Morgan fingerprint density at radius 2 is 2.00 bits per heavy atom. The molecule has 2 aromatic rings. The summed E-state index contributed by atoms with van der Waals surface area (Å²) in [5.41, 5.74) is 0. The zero-order chi connectivity index (χ0) is 8.72. The van der Waals surface area contributed by atoms with Gasteiger partial charge in [0.15, 0.2) is 5.13 Å². The van der Waals surface area contributed by atoms with Crippen LogP contribution in [0.5, 0.6) is 0 Å². The van der Waals surface area contributed by atoms with E-state index in [-0.39, 0.29) is 10.2 Å². The van der Waals surface area contributed by atoms with Gasteiger partial charge in [-0.1, -0.05) is 29.3 Å². The monoisotopic (exact) mass is 220 g/mol. The lowest BCUT2D eigenvalue weighted by Crippen LogP contribution is -1.67. The van der Waals surface area contributed by atoms with Gasteiger partial charge in [0.25, 0.3) is 0 Å². The zero-order valence-electron chi connectivity index (χ0n) is 5.77. The maximum atomic E-state index is 12.9. The number of halogens is 3. The van der Waals surface area contributed by atoms with Crippen LogP contribution >= 0.6 is 34.5 Å². The fourth-order valence-corrected chi connectivity index (χ4v) is 2.64. The predicted molar refractivity (Wildman–Crippen MR) is 51.8 cm³/mol. The van der Waals surface area contributed by atoms with E-state index in [0.717, 1.165) is 16.0 Å². The molecule has 1 aromatic heterocycles. The molecule has 0 bridgehead atoms. The van der Waals surface area contributed by atoms with Crippen molar-refractivity contribution < 1.29 is 4.39 Å². The van der Waals surface area contributed by atoms with Crippen molar-refractivity contribution in [1.82, 2.24) is 0 Å². The van der Waals surface area contributed by atoms with E-state index in [1.807, 2.05) is 0 Å². The molecule has 62 valence electrons. The molecular weight excluding hydrogens is 218 g/mol. The van der Waals surface area contributed by atoms with Crippen LogP contribution in [0.3, 0.4) is 0 Å². The summed E-state index contributed by atoms with van der Waals surface area (Å²) in [4.78, 5) is 0. The van der Waals surface area contributed by atoms with Gasteiger partial charge in [-0.15, -0.1) is 11.3 Å². The molecule has 0 radical (unpaired) electrons. The van der Waals surface area contributed by atoms with Crippen molar-refractivity contribution in [3.8, 4) is 0 Å². The number of thiophene rings is 1. The van der Waals surface area contributed by atoms with Crippen molar-refractivity contribution in [2.75, 3.05) is 0 Å². The number of rotatable bonds is 0. The van der Waals surface area contributed by atoms with Gasteiger partial charge in [-0.25, -0.2) is 0 Å². The van der Waals surface area contributed by atoms with Gasteiger partial charge in [0.2, 0.25) is 0 Å². The Bertz CT molecular complexity index is 436. The molecule has 2 rings (SSSR count). The summed E-state index contributed by atoms with van der Waals surface area (Å²) in [5, 5.41) is 0.862. The highest BCUT2D eigenvalue weighted by molar-refractivity contribution is 7.18. The van der Waals surface area contributed by atoms with Gasteiger partial charge in [0.05, 0.1) is 10.0 Å². The maximum Gasteiger partial charge on any atom is 0.196 e. The maximum absolute atomic E-state index is 12.9. The van der Waals surface area contributed by atoms with Gasteiger partial charge in [-0.05, 0) is 12.1 Å². The van der Waals surface area contributed by atoms with E-state index in [1.165, 1.54) is 0 Å². The average molecular weight is 221 g/mol. The van der Waals surface area contributed by atoms with Crippen molar-refractivity contribution in [3.63, 3.8) is 0 Å². The highest BCUT2D eigenvalue weighted by Gasteiger charge is 2.11. The van der Waals surface area contributed by atoms with Crippen molar-refractivity contribution in [1.29, 1.82) is 0 Å². The summed E-state index contributed by atoms with van der Waals surface area (Å²) in [7, 11) is 0. The Balaban J connectivity index is 2.97. The third-order valence-corrected chi connectivity index (χ3v) is 3.29. The van der Waals surface area contributed by atoms with E-state index in [0.29, 0.717) is 10.4 Å².